The van der Waals surface area contributed by atoms with Gasteiger partial charge in [0.25, 0.3) is 0 Å². The third-order valence-electron chi connectivity index (χ3n) is 3.22. The van der Waals surface area contributed by atoms with Gasteiger partial charge in [0.2, 0.25) is 0 Å². The van der Waals surface area contributed by atoms with Crippen LogP contribution in [0.25, 0.3) is 0 Å². The normalized spacial score (nSPS) is 12.6. The number of nitrogens with zero attached hydrogens (tertiary/aromatic N) is 4. The van der Waals surface area contributed by atoms with Gasteiger partial charge in [-0.05, 0) is 20.0 Å². The second-order valence-corrected chi connectivity index (χ2v) is 4.71. The summed E-state index contributed by atoms with van der Waals surface area (Å²) in [4.78, 5) is 14.7. The van der Waals surface area contributed by atoms with Gasteiger partial charge in [-0.3, -0.25) is 14.9 Å². The van der Waals surface area contributed by atoms with Crippen molar-refractivity contribution < 1.29 is 0 Å². The zero-order chi connectivity index (χ0) is 13.7. The van der Waals surface area contributed by atoms with Crippen molar-refractivity contribution >= 4 is 5.82 Å². The van der Waals surface area contributed by atoms with Crippen LogP contribution in [0.15, 0.2) is 36.9 Å². The van der Waals surface area contributed by atoms with Crippen LogP contribution in [0.1, 0.15) is 18.2 Å². The molecule has 100 valence electrons. The highest BCUT2D eigenvalue weighted by Gasteiger charge is 2.12. The molecule has 0 unspecified atom stereocenters. The molecule has 2 N–H and O–H groups in total. The fourth-order valence-corrected chi connectivity index (χ4v) is 1.90. The molecule has 0 saturated carbocycles. The van der Waals surface area contributed by atoms with E-state index in [-0.39, 0.29) is 0 Å². The van der Waals surface area contributed by atoms with Gasteiger partial charge in [0, 0.05) is 49.4 Å². The number of pyridine rings is 1. The van der Waals surface area contributed by atoms with Crippen molar-refractivity contribution in [1.82, 2.24) is 19.9 Å². The first kappa shape index (κ1) is 13.4. The van der Waals surface area contributed by atoms with Gasteiger partial charge in [0.15, 0.2) is 0 Å². The highest BCUT2D eigenvalue weighted by molar-refractivity contribution is 5.38. The molecule has 0 aliphatic rings. The van der Waals surface area contributed by atoms with Crippen molar-refractivity contribution in [2.45, 2.75) is 25.9 Å². The average molecular weight is 257 g/mol. The van der Waals surface area contributed by atoms with E-state index < -0.39 is 0 Å². The molecule has 0 amide bonds. The zero-order valence-electron chi connectivity index (χ0n) is 11.3. The molecule has 0 saturated heterocycles. The summed E-state index contributed by atoms with van der Waals surface area (Å²) in [6.45, 7) is 2.95. The molecule has 0 spiro atoms. The summed E-state index contributed by atoms with van der Waals surface area (Å²) < 4.78 is 0. The largest absolute Gasteiger partial charge is 0.383 e. The Bertz CT molecular complexity index is 514. The smallest absolute Gasteiger partial charge is 0.127 e. The molecular formula is C14H19N5. The molecule has 2 aromatic rings. The number of hydrogen-bond donors (Lipinski definition) is 1. The van der Waals surface area contributed by atoms with Crippen molar-refractivity contribution in [3.63, 3.8) is 0 Å². The Hall–Kier alpha value is -2.01. The lowest BCUT2D eigenvalue weighted by molar-refractivity contribution is 0.247. The number of hydrogen-bond acceptors (Lipinski definition) is 5. The Labute approximate surface area is 113 Å². The Kier molecular flexibility index (Phi) is 4.41. The van der Waals surface area contributed by atoms with E-state index >= 15 is 0 Å². The summed E-state index contributed by atoms with van der Waals surface area (Å²) >= 11 is 0. The third-order valence-corrected chi connectivity index (χ3v) is 3.22. The monoisotopic (exact) mass is 257 g/mol. The summed E-state index contributed by atoms with van der Waals surface area (Å²) in [6.07, 6.45) is 7.80. The van der Waals surface area contributed by atoms with Crippen LogP contribution >= 0.6 is 0 Å². The highest BCUT2D eigenvalue weighted by Crippen LogP contribution is 2.13. The van der Waals surface area contributed by atoms with E-state index in [1.54, 1.807) is 18.6 Å². The first-order valence-corrected chi connectivity index (χ1v) is 6.31. The predicted octanol–water partition coefficient (Wildman–Crippen LogP) is 1.52. The summed E-state index contributed by atoms with van der Waals surface area (Å²) in [5.74, 6) is 0.598. The summed E-state index contributed by atoms with van der Waals surface area (Å²) in [5, 5.41) is 0. The van der Waals surface area contributed by atoms with Crippen molar-refractivity contribution in [3.05, 3.63) is 48.2 Å². The quantitative estimate of drug-likeness (QED) is 0.879. The van der Waals surface area contributed by atoms with Gasteiger partial charge < -0.3 is 5.73 Å². The van der Waals surface area contributed by atoms with Crippen LogP contribution in [0.4, 0.5) is 5.82 Å². The van der Waals surface area contributed by atoms with Gasteiger partial charge in [-0.15, -0.1) is 0 Å². The Morgan fingerprint density at radius 1 is 1.26 bits per heavy atom. The van der Waals surface area contributed by atoms with Gasteiger partial charge in [-0.1, -0.05) is 6.07 Å². The number of anilines is 1. The molecular weight excluding hydrogens is 238 g/mol. The van der Waals surface area contributed by atoms with Crippen LogP contribution in [0.3, 0.4) is 0 Å². The minimum atomic E-state index is 0.358. The topological polar surface area (TPSA) is 67.9 Å². The van der Waals surface area contributed by atoms with E-state index in [1.807, 2.05) is 18.3 Å². The molecule has 0 radical (unpaired) electrons. The van der Waals surface area contributed by atoms with Gasteiger partial charge in [-0.2, -0.15) is 0 Å². The minimum absolute atomic E-state index is 0.358. The maximum absolute atomic E-state index is 5.86. The van der Waals surface area contributed by atoms with Gasteiger partial charge >= 0.3 is 0 Å². The number of aromatic nitrogens is 3. The Morgan fingerprint density at radius 2 is 2.11 bits per heavy atom. The van der Waals surface area contributed by atoms with Crippen LogP contribution in [0.2, 0.25) is 0 Å². The van der Waals surface area contributed by atoms with Crippen LogP contribution in [0.5, 0.6) is 0 Å². The Balaban J connectivity index is 1.96. The van der Waals surface area contributed by atoms with Crippen LogP contribution in [-0.4, -0.2) is 32.9 Å². The number of nitrogens with two attached hydrogens (primary N) is 1. The molecule has 2 aromatic heterocycles. The van der Waals surface area contributed by atoms with E-state index in [2.05, 4.69) is 33.8 Å². The molecule has 2 rings (SSSR count). The van der Waals surface area contributed by atoms with Crippen molar-refractivity contribution in [2.75, 3.05) is 12.8 Å². The number of rotatable bonds is 5. The SMILES string of the molecule is C[C@H](Cc1cnccn1)N(C)Cc1cccnc1N. The number of nitrogen functional groups attached to an aromatic ring is 1. The van der Waals surface area contributed by atoms with E-state index in [9.17, 15) is 0 Å². The fraction of sp³-hybridized carbons (Fsp3) is 0.357. The molecule has 0 aromatic carbocycles. The molecule has 0 bridgehead atoms. The summed E-state index contributed by atoms with van der Waals surface area (Å²) in [5.41, 5.74) is 7.91. The van der Waals surface area contributed by atoms with Crippen molar-refractivity contribution in [1.29, 1.82) is 0 Å². The molecule has 5 nitrogen and oxygen atoms in total. The molecule has 19 heavy (non-hydrogen) atoms. The van der Waals surface area contributed by atoms with E-state index in [4.69, 9.17) is 5.73 Å². The molecule has 1 atom stereocenters. The molecule has 0 aliphatic carbocycles. The zero-order valence-corrected chi connectivity index (χ0v) is 11.3. The standard InChI is InChI=1S/C14H19N5/c1-11(8-13-9-16-6-7-17-13)19(2)10-12-4-3-5-18-14(12)15/h3-7,9,11H,8,10H2,1-2H3,(H2,15,18)/t11-/m1/s1. The highest BCUT2D eigenvalue weighted by atomic mass is 15.1. The molecule has 0 fully saturated rings. The van der Waals surface area contributed by atoms with Crippen molar-refractivity contribution in [2.24, 2.45) is 0 Å². The van der Waals surface area contributed by atoms with Crippen LogP contribution in [-0.2, 0) is 13.0 Å². The first-order chi connectivity index (χ1) is 9.16. The average Bonchev–Trinajstić information content (AvgIpc) is 2.42. The van der Waals surface area contributed by atoms with Crippen LogP contribution in [0, 0.1) is 0 Å². The lowest BCUT2D eigenvalue weighted by atomic mass is 10.1. The van der Waals surface area contributed by atoms with E-state index in [0.29, 0.717) is 11.9 Å². The van der Waals surface area contributed by atoms with Gasteiger partial charge in [0.1, 0.15) is 5.82 Å². The van der Waals surface area contributed by atoms with E-state index in [0.717, 1.165) is 24.2 Å². The lowest BCUT2D eigenvalue weighted by Crippen LogP contribution is -2.31. The Morgan fingerprint density at radius 3 is 2.79 bits per heavy atom. The first-order valence-electron chi connectivity index (χ1n) is 6.31. The second kappa shape index (κ2) is 6.24. The molecule has 0 aliphatic heterocycles. The lowest BCUT2D eigenvalue weighted by Gasteiger charge is -2.24. The third kappa shape index (κ3) is 3.72. The second-order valence-electron chi connectivity index (χ2n) is 4.71. The van der Waals surface area contributed by atoms with Crippen molar-refractivity contribution in [3.8, 4) is 0 Å². The van der Waals surface area contributed by atoms with Crippen LogP contribution < -0.4 is 5.73 Å². The number of likely N-dealkylation sites (N-methyl/N-ethyl adjacent to an activating group) is 1. The summed E-state index contributed by atoms with van der Waals surface area (Å²) in [6, 6.07) is 4.28. The maximum atomic E-state index is 5.86. The maximum Gasteiger partial charge on any atom is 0.127 e. The summed E-state index contributed by atoms with van der Waals surface area (Å²) in [7, 11) is 2.08. The van der Waals surface area contributed by atoms with Gasteiger partial charge in [0.05, 0.1) is 5.69 Å². The minimum Gasteiger partial charge on any atom is -0.383 e. The predicted molar refractivity (Wildman–Crippen MR) is 75.3 cm³/mol. The molecule has 2 heterocycles. The molecule has 5 heteroatoms. The van der Waals surface area contributed by atoms with E-state index in [1.165, 1.54) is 0 Å². The van der Waals surface area contributed by atoms with Gasteiger partial charge in [-0.25, -0.2) is 4.98 Å². The fourth-order valence-electron chi connectivity index (χ4n) is 1.90.